The molecule has 0 aromatic heterocycles. The van der Waals surface area contributed by atoms with Crippen molar-refractivity contribution < 1.29 is 13.9 Å². The zero-order chi connectivity index (χ0) is 12.0. The monoisotopic (exact) mass is 225 g/mol. The predicted molar refractivity (Wildman–Crippen MR) is 60.7 cm³/mol. The van der Waals surface area contributed by atoms with E-state index in [2.05, 4.69) is 10.1 Å². The van der Waals surface area contributed by atoms with E-state index in [1.165, 1.54) is 13.2 Å². The molecular weight excluding hydrogens is 209 g/mol. The van der Waals surface area contributed by atoms with Gasteiger partial charge < -0.3 is 10.1 Å². The summed E-state index contributed by atoms with van der Waals surface area (Å²) in [7, 11) is 1.33. The Kier molecular flexibility index (Phi) is 4.76. The van der Waals surface area contributed by atoms with Gasteiger partial charge in [-0.2, -0.15) is 0 Å². The lowest BCUT2D eigenvalue weighted by Gasteiger charge is -2.17. The van der Waals surface area contributed by atoms with Crippen molar-refractivity contribution in [2.24, 2.45) is 0 Å². The number of methoxy groups -OCH3 is 1. The maximum absolute atomic E-state index is 13.3. The van der Waals surface area contributed by atoms with Crippen molar-refractivity contribution in [1.29, 1.82) is 0 Å². The van der Waals surface area contributed by atoms with Crippen LogP contribution in [0.25, 0.3) is 0 Å². The van der Waals surface area contributed by atoms with Gasteiger partial charge in [0.15, 0.2) is 0 Å². The number of esters is 1. The first-order valence-corrected chi connectivity index (χ1v) is 5.28. The number of benzene rings is 1. The molecule has 1 unspecified atom stereocenters. The number of halogens is 1. The Hall–Kier alpha value is -1.58. The van der Waals surface area contributed by atoms with Crippen molar-refractivity contribution in [3.63, 3.8) is 0 Å². The maximum atomic E-state index is 13.3. The highest BCUT2D eigenvalue weighted by molar-refractivity contribution is 5.79. The van der Waals surface area contributed by atoms with Gasteiger partial charge in [0, 0.05) is 0 Å². The summed E-state index contributed by atoms with van der Waals surface area (Å²) in [6.45, 7) is 1.96. The SMILES string of the molecule is CCCC(Nc1ccccc1F)C(=O)OC. The van der Waals surface area contributed by atoms with Gasteiger partial charge in [0.1, 0.15) is 11.9 Å². The summed E-state index contributed by atoms with van der Waals surface area (Å²) >= 11 is 0. The highest BCUT2D eigenvalue weighted by Gasteiger charge is 2.18. The molecule has 0 heterocycles. The predicted octanol–water partition coefficient (Wildman–Crippen LogP) is 2.58. The Morgan fingerprint density at radius 2 is 2.19 bits per heavy atom. The summed E-state index contributed by atoms with van der Waals surface area (Å²) in [6, 6.07) is 5.77. The van der Waals surface area contributed by atoms with Gasteiger partial charge in [-0.1, -0.05) is 25.5 Å². The molecule has 0 amide bonds. The van der Waals surface area contributed by atoms with Gasteiger partial charge in [-0.05, 0) is 18.6 Å². The maximum Gasteiger partial charge on any atom is 0.328 e. The Labute approximate surface area is 94.6 Å². The molecule has 3 nitrogen and oxygen atoms in total. The molecule has 0 aliphatic carbocycles. The minimum Gasteiger partial charge on any atom is -0.467 e. The van der Waals surface area contributed by atoms with Crippen LogP contribution in [0.2, 0.25) is 0 Å². The van der Waals surface area contributed by atoms with E-state index in [0.717, 1.165) is 6.42 Å². The molecule has 1 aromatic carbocycles. The molecule has 1 aromatic rings. The molecule has 4 heteroatoms. The molecular formula is C12H16FNO2. The van der Waals surface area contributed by atoms with E-state index in [1.54, 1.807) is 18.2 Å². The normalized spacial score (nSPS) is 11.9. The smallest absolute Gasteiger partial charge is 0.328 e. The molecule has 16 heavy (non-hydrogen) atoms. The fourth-order valence-corrected chi connectivity index (χ4v) is 1.45. The van der Waals surface area contributed by atoms with Crippen LogP contribution in [0.15, 0.2) is 24.3 Å². The number of hydrogen-bond donors (Lipinski definition) is 1. The van der Waals surface area contributed by atoms with Crippen LogP contribution in [0.1, 0.15) is 19.8 Å². The highest BCUT2D eigenvalue weighted by atomic mass is 19.1. The van der Waals surface area contributed by atoms with Gasteiger partial charge in [0.25, 0.3) is 0 Å². The second-order valence-electron chi connectivity index (χ2n) is 3.49. The molecule has 1 N–H and O–H groups in total. The number of carbonyl (C=O) groups excluding carboxylic acids is 1. The van der Waals surface area contributed by atoms with Crippen LogP contribution in [-0.4, -0.2) is 19.1 Å². The summed E-state index contributed by atoms with van der Waals surface area (Å²) in [4.78, 5) is 11.4. The van der Waals surface area contributed by atoms with Crippen molar-refractivity contribution in [2.45, 2.75) is 25.8 Å². The zero-order valence-corrected chi connectivity index (χ0v) is 9.50. The van der Waals surface area contributed by atoms with Gasteiger partial charge in [0.2, 0.25) is 0 Å². The van der Waals surface area contributed by atoms with Gasteiger partial charge >= 0.3 is 5.97 Å². The molecule has 0 radical (unpaired) electrons. The summed E-state index contributed by atoms with van der Waals surface area (Å²) in [5, 5.41) is 2.85. The van der Waals surface area contributed by atoms with Crippen LogP contribution >= 0.6 is 0 Å². The van der Waals surface area contributed by atoms with Crippen LogP contribution in [0.5, 0.6) is 0 Å². The van der Waals surface area contributed by atoms with Crippen LogP contribution < -0.4 is 5.32 Å². The third-order valence-electron chi connectivity index (χ3n) is 2.27. The lowest BCUT2D eigenvalue weighted by molar-refractivity contribution is -0.141. The number of hydrogen-bond acceptors (Lipinski definition) is 3. The minimum atomic E-state index is -0.494. The van der Waals surface area contributed by atoms with Crippen molar-refractivity contribution in [2.75, 3.05) is 12.4 Å². The molecule has 1 rings (SSSR count). The number of ether oxygens (including phenoxy) is 1. The average Bonchev–Trinajstić information content (AvgIpc) is 2.30. The van der Waals surface area contributed by atoms with E-state index in [-0.39, 0.29) is 11.8 Å². The lowest BCUT2D eigenvalue weighted by Crippen LogP contribution is -2.30. The standard InChI is InChI=1S/C12H16FNO2/c1-3-6-11(12(15)16-2)14-10-8-5-4-7-9(10)13/h4-5,7-8,11,14H,3,6H2,1-2H3. The highest BCUT2D eigenvalue weighted by Crippen LogP contribution is 2.15. The topological polar surface area (TPSA) is 38.3 Å². The molecule has 0 spiro atoms. The van der Waals surface area contributed by atoms with Crippen molar-refractivity contribution in [3.05, 3.63) is 30.1 Å². The number of nitrogens with one attached hydrogen (secondary N) is 1. The fourth-order valence-electron chi connectivity index (χ4n) is 1.45. The van der Waals surface area contributed by atoms with Gasteiger partial charge in [-0.15, -0.1) is 0 Å². The molecule has 88 valence electrons. The molecule has 0 saturated heterocycles. The second-order valence-corrected chi connectivity index (χ2v) is 3.49. The largest absolute Gasteiger partial charge is 0.467 e. The molecule has 0 aliphatic heterocycles. The van der Waals surface area contributed by atoms with Crippen molar-refractivity contribution in [3.8, 4) is 0 Å². The third kappa shape index (κ3) is 3.22. The first-order valence-electron chi connectivity index (χ1n) is 5.28. The van der Waals surface area contributed by atoms with Crippen LogP contribution in [0.3, 0.4) is 0 Å². The lowest BCUT2D eigenvalue weighted by atomic mass is 10.1. The van der Waals surface area contributed by atoms with E-state index in [4.69, 9.17) is 0 Å². The van der Waals surface area contributed by atoms with Crippen molar-refractivity contribution in [1.82, 2.24) is 0 Å². The Morgan fingerprint density at radius 3 is 2.75 bits per heavy atom. The van der Waals surface area contributed by atoms with Crippen LogP contribution in [-0.2, 0) is 9.53 Å². The summed E-state index contributed by atoms with van der Waals surface area (Å²) in [5.41, 5.74) is 0.325. The molecule has 0 saturated carbocycles. The summed E-state index contributed by atoms with van der Waals surface area (Å²) < 4.78 is 18.0. The Balaban J connectivity index is 2.75. The average molecular weight is 225 g/mol. The molecule has 1 atom stereocenters. The molecule has 0 aliphatic rings. The van der Waals surface area contributed by atoms with Crippen LogP contribution in [0.4, 0.5) is 10.1 Å². The summed E-state index contributed by atoms with van der Waals surface area (Å²) in [6.07, 6.45) is 1.43. The van der Waals surface area contributed by atoms with Gasteiger partial charge in [-0.25, -0.2) is 9.18 Å². The van der Waals surface area contributed by atoms with E-state index >= 15 is 0 Å². The van der Waals surface area contributed by atoms with Crippen molar-refractivity contribution >= 4 is 11.7 Å². The number of para-hydroxylation sites is 1. The van der Waals surface area contributed by atoms with E-state index in [9.17, 15) is 9.18 Å². The Bertz CT molecular complexity index is 355. The minimum absolute atomic E-state index is 0.325. The van der Waals surface area contributed by atoms with Gasteiger partial charge in [-0.3, -0.25) is 0 Å². The van der Waals surface area contributed by atoms with Crippen LogP contribution in [0, 0.1) is 5.82 Å². The van der Waals surface area contributed by atoms with E-state index in [1.807, 2.05) is 6.92 Å². The summed E-state index contributed by atoms with van der Waals surface area (Å²) in [5.74, 6) is -0.738. The Morgan fingerprint density at radius 1 is 1.50 bits per heavy atom. The second kappa shape index (κ2) is 6.10. The molecule has 0 fully saturated rings. The first kappa shape index (κ1) is 12.5. The fraction of sp³-hybridized carbons (Fsp3) is 0.417. The quantitative estimate of drug-likeness (QED) is 0.783. The molecule has 0 bridgehead atoms. The number of carbonyl (C=O) groups is 1. The van der Waals surface area contributed by atoms with E-state index in [0.29, 0.717) is 12.1 Å². The number of anilines is 1. The zero-order valence-electron chi connectivity index (χ0n) is 9.50. The first-order chi connectivity index (χ1) is 7.69. The van der Waals surface area contributed by atoms with E-state index < -0.39 is 6.04 Å². The van der Waals surface area contributed by atoms with Gasteiger partial charge in [0.05, 0.1) is 12.8 Å². The number of rotatable bonds is 5. The third-order valence-corrected chi connectivity index (χ3v) is 2.27.